The molecule has 5 heteroatoms. The fourth-order valence-electron chi connectivity index (χ4n) is 2.10. The quantitative estimate of drug-likeness (QED) is 0.781. The van der Waals surface area contributed by atoms with Gasteiger partial charge in [0, 0.05) is 6.54 Å². The average molecular weight is 208 g/mol. The van der Waals surface area contributed by atoms with Crippen LogP contribution in [0.1, 0.15) is 43.1 Å². The van der Waals surface area contributed by atoms with Crippen molar-refractivity contribution in [2.45, 2.75) is 32.6 Å². The van der Waals surface area contributed by atoms with E-state index in [0.717, 1.165) is 6.54 Å². The Hall–Kier alpha value is -1.39. The van der Waals surface area contributed by atoms with Crippen molar-refractivity contribution in [1.82, 2.24) is 20.7 Å². The molecule has 1 aliphatic rings. The lowest BCUT2D eigenvalue weighted by Gasteiger charge is -2.23. The number of nitrogens with one attached hydrogen (secondary N) is 2. The van der Waals surface area contributed by atoms with E-state index in [1.807, 2.05) is 0 Å². The molecule has 0 spiro atoms. The van der Waals surface area contributed by atoms with Gasteiger partial charge in [-0.25, -0.2) is 0 Å². The Labute approximate surface area is 88.6 Å². The first-order valence-corrected chi connectivity index (χ1v) is 5.34. The Balaban J connectivity index is 1.85. The van der Waals surface area contributed by atoms with E-state index in [0.29, 0.717) is 5.69 Å². The van der Waals surface area contributed by atoms with Gasteiger partial charge in [0.25, 0.3) is 5.91 Å². The second-order valence-electron chi connectivity index (χ2n) is 4.56. The summed E-state index contributed by atoms with van der Waals surface area (Å²) >= 11 is 0. The molecule has 15 heavy (non-hydrogen) atoms. The fourth-order valence-corrected chi connectivity index (χ4v) is 2.10. The maximum Gasteiger partial charge on any atom is 0.273 e. The summed E-state index contributed by atoms with van der Waals surface area (Å²) in [5, 5.41) is 12.7. The molecule has 0 unspecified atom stereocenters. The first kappa shape index (κ1) is 10.1. The molecule has 0 radical (unpaired) electrons. The lowest BCUT2D eigenvalue weighted by molar-refractivity contribution is 0.0929. The Morgan fingerprint density at radius 2 is 2.33 bits per heavy atom. The molecule has 0 aliphatic heterocycles. The first-order chi connectivity index (χ1) is 7.20. The van der Waals surface area contributed by atoms with Crippen LogP contribution in [0.15, 0.2) is 6.20 Å². The molecule has 0 bridgehead atoms. The predicted molar refractivity (Wildman–Crippen MR) is 55.3 cm³/mol. The van der Waals surface area contributed by atoms with E-state index in [-0.39, 0.29) is 11.3 Å². The molecule has 1 fully saturated rings. The maximum atomic E-state index is 11.6. The van der Waals surface area contributed by atoms with Gasteiger partial charge in [-0.3, -0.25) is 4.79 Å². The number of aromatic nitrogens is 3. The van der Waals surface area contributed by atoms with Gasteiger partial charge in [-0.05, 0) is 18.3 Å². The van der Waals surface area contributed by atoms with E-state index in [1.54, 1.807) is 0 Å². The first-order valence-electron chi connectivity index (χ1n) is 5.34. The number of carbonyl (C=O) groups excluding carboxylic acids is 1. The smallest absolute Gasteiger partial charge is 0.273 e. The minimum Gasteiger partial charge on any atom is -0.350 e. The topological polar surface area (TPSA) is 70.7 Å². The Morgan fingerprint density at radius 3 is 2.93 bits per heavy atom. The third-order valence-corrected chi connectivity index (χ3v) is 3.13. The summed E-state index contributed by atoms with van der Waals surface area (Å²) in [6, 6.07) is 0. The third-order valence-electron chi connectivity index (χ3n) is 3.13. The van der Waals surface area contributed by atoms with Crippen molar-refractivity contribution in [1.29, 1.82) is 0 Å². The van der Waals surface area contributed by atoms with E-state index in [2.05, 4.69) is 27.7 Å². The molecular formula is C10H16N4O. The van der Waals surface area contributed by atoms with Gasteiger partial charge in [-0.2, -0.15) is 15.4 Å². The summed E-state index contributed by atoms with van der Waals surface area (Å²) < 4.78 is 0. The van der Waals surface area contributed by atoms with Gasteiger partial charge in [0.15, 0.2) is 5.69 Å². The van der Waals surface area contributed by atoms with Gasteiger partial charge < -0.3 is 5.32 Å². The number of carbonyl (C=O) groups is 1. The molecule has 0 saturated heterocycles. The highest BCUT2D eigenvalue weighted by molar-refractivity contribution is 5.91. The Morgan fingerprint density at radius 1 is 1.60 bits per heavy atom. The van der Waals surface area contributed by atoms with Gasteiger partial charge in [0.2, 0.25) is 0 Å². The number of rotatable bonds is 3. The molecule has 1 saturated carbocycles. The Kier molecular flexibility index (Phi) is 2.70. The van der Waals surface area contributed by atoms with Gasteiger partial charge in [-0.15, -0.1) is 0 Å². The van der Waals surface area contributed by atoms with Crippen LogP contribution in [-0.2, 0) is 0 Å². The van der Waals surface area contributed by atoms with Crippen LogP contribution in [0.25, 0.3) is 0 Å². The zero-order valence-electron chi connectivity index (χ0n) is 8.92. The predicted octanol–water partition coefficient (Wildman–Crippen LogP) is 1.11. The van der Waals surface area contributed by atoms with Crippen LogP contribution in [0.2, 0.25) is 0 Å². The van der Waals surface area contributed by atoms with E-state index >= 15 is 0 Å². The van der Waals surface area contributed by atoms with Crippen molar-refractivity contribution in [3.63, 3.8) is 0 Å². The van der Waals surface area contributed by atoms with Crippen LogP contribution in [0.4, 0.5) is 0 Å². The number of amides is 1. The second-order valence-corrected chi connectivity index (χ2v) is 4.56. The maximum absolute atomic E-state index is 11.6. The molecule has 1 aromatic heterocycles. The summed E-state index contributed by atoms with van der Waals surface area (Å²) in [5.41, 5.74) is 0.635. The summed E-state index contributed by atoms with van der Waals surface area (Å²) in [7, 11) is 0. The van der Waals surface area contributed by atoms with Crippen molar-refractivity contribution < 1.29 is 4.79 Å². The van der Waals surface area contributed by atoms with Crippen LogP contribution >= 0.6 is 0 Å². The lowest BCUT2D eigenvalue weighted by Crippen LogP contribution is -2.34. The molecular weight excluding hydrogens is 192 g/mol. The number of aromatic amines is 1. The van der Waals surface area contributed by atoms with Crippen molar-refractivity contribution in [3.8, 4) is 0 Å². The molecule has 82 valence electrons. The lowest BCUT2D eigenvalue weighted by atomic mass is 9.89. The van der Waals surface area contributed by atoms with Crippen LogP contribution in [-0.4, -0.2) is 27.9 Å². The summed E-state index contributed by atoms with van der Waals surface area (Å²) in [6.45, 7) is 2.96. The summed E-state index contributed by atoms with van der Waals surface area (Å²) in [5.74, 6) is -0.142. The SMILES string of the molecule is CC1(CNC(=O)c2cn[nH]n2)CCCC1. The molecule has 0 aromatic carbocycles. The van der Waals surface area contributed by atoms with Crippen molar-refractivity contribution in [2.75, 3.05) is 6.54 Å². The monoisotopic (exact) mass is 208 g/mol. The largest absolute Gasteiger partial charge is 0.350 e. The van der Waals surface area contributed by atoms with Gasteiger partial charge >= 0.3 is 0 Å². The van der Waals surface area contributed by atoms with Gasteiger partial charge in [0.1, 0.15) is 0 Å². The minimum absolute atomic E-state index is 0.142. The molecule has 2 N–H and O–H groups in total. The van der Waals surface area contributed by atoms with Crippen LogP contribution in [0.5, 0.6) is 0 Å². The summed E-state index contributed by atoms with van der Waals surface area (Å²) in [6.07, 6.45) is 6.39. The molecule has 0 atom stereocenters. The molecule has 1 amide bonds. The zero-order valence-corrected chi connectivity index (χ0v) is 8.92. The van der Waals surface area contributed by atoms with E-state index in [1.165, 1.54) is 31.9 Å². The highest BCUT2D eigenvalue weighted by atomic mass is 16.1. The van der Waals surface area contributed by atoms with Crippen LogP contribution in [0.3, 0.4) is 0 Å². The number of hydrogen-bond acceptors (Lipinski definition) is 3. The van der Waals surface area contributed by atoms with Crippen molar-refractivity contribution >= 4 is 5.91 Å². The van der Waals surface area contributed by atoms with E-state index in [4.69, 9.17) is 0 Å². The standard InChI is InChI=1S/C10H16N4O/c1-10(4-2-3-5-10)7-11-9(15)8-6-12-14-13-8/h6H,2-5,7H2,1H3,(H,11,15)(H,12,13,14). The minimum atomic E-state index is -0.142. The Bertz CT molecular complexity index is 327. The van der Waals surface area contributed by atoms with Crippen LogP contribution < -0.4 is 5.32 Å². The molecule has 2 rings (SSSR count). The van der Waals surface area contributed by atoms with Crippen molar-refractivity contribution in [2.24, 2.45) is 5.41 Å². The van der Waals surface area contributed by atoms with Crippen LogP contribution in [0, 0.1) is 5.41 Å². The number of nitrogens with zero attached hydrogens (tertiary/aromatic N) is 2. The molecule has 1 aromatic rings. The van der Waals surface area contributed by atoms with Gasteiger partial charge in [-0.1, -0.05) is 19.8 Å². The molecule has 5 nitrogen and oxygen atoms in total. The highest BCUT2D eigenvalue weighted by Crippen LogP contribution is 2.36. The average Bonchev–Trinajstić information content (AvgIpc) is 2.85. The zero-order chi connectivity index (χ0) is 10.7. The third kappa shape index (κ3) is 2.34. The normalized spacial score (nSPS) is 19.0. The summed E-state index contributed by atoms with van der Waals surface area (Å²) in [4.78, 5) is 11.6. The van der Waals surface area contributed by atoms with E-state index < -0.39 is 0 Å². The molecule has 1 heterocycles. The second kappa shape index (κ2) is 4.00. The van der Waals surface area contributed by atoms with Crippen molar-refractivity contribution in [3.05, 3.63) is 11.9 Å². The fraction of sp³-hybridized carbons (Fsp3) is 0.700. The van der Waals surface area contributed by atoms with Gasteiger partial charge in [0.05, 0.1) is 6.20 Å². The number of hydrogen-bond donors (Lipinski definition) is 2. The molecule has 1 aliphatic carbocycles. The number of H-pyrrole nitrogens is 1. The highest BCUT2D eigenvalue weighted by Gasteiger charge is 2.29. The van der Waals surface area contributed by atoms with E-state index in [9.17, 15) is 4.79 Å².